The maximum Gasteiger partial charge on any atom is 0.337 e. The molecule has 0 N–H and O–H groups in total. The van der Waals surface area contributed by atoms with Crippen molar-refractivity contribution in [3.05, 3.63) is 89.2 Å². The molecule has 0 unspecified atom stereocenters. The summed E-state index contributed by atoms with van der Waals surface area (Å²) in [6.07, 6.45) is 5.33. The first-order valence-electron chi connectivity index (χ1n) is 11.1. The number of hydrogen-bond acceptors (Lipinski definition) is 6. The summed E-state index contributed by atoms with van der Waals surface area (Å²) in [6, 6.07) is 19.7. The van der Waals surface area contributed by atoms with Crippen molar-refractivity contribution < 1.29 is 19.1 Å². The molecule has 174 valence electrons. The number of rotatable bonds is 7. The molecule has 6 heteroatoms. The molecule has 3 aromatic carbocycles. The molecule has 6 nitrogen and oxygen atoms in total. The fraction of sp³-hybridized carbons (Fsp3) is 0.172. The van der Waals surface area contributed by atoms with Crippen LogP contribution in [0.5, 0.6) is 5.75 Å². The summed E-state index contributed by atoms with van der Waals surface area (Å²) in [4.78, 5) is 34.2. The van der Waals surface area contributed by atoms with Gasteiger partial charge >= 0.3 is 5.97 Å². The van der Waals surface area contributed by atoms with Crippen molar-refractivity contribution in [3.63, 3.8) is 0 Å². The zero-order valence-corrected chi connectivity index (χ0v) is 19.7. The van der Waals surface area contributed by atoms with E-state index in [1.165, 1.54) is 12.7 Å². The zero-order chi connectivity index (χ0) is 24.9. The van der Waals surface area contributed by atoms with Gasteiger partial charge in [-0.1, -0.05) is 56.2 Å². The van der Waals surface area contributed by atoms with Crippen LogP contribution >= 0.6 is 0 Å². The molecule has 1 aromatic heterocycles. The Kier molecular flexibility index (Phi) is 6.88. The van der Waals surface area contributed by atoms with Crippen molar-refractivity contribution in [2.45, 2.75) is 19.8 Å². The summed E-state index contributed by atoms with van der Waals surface area (Å²) in [5, 5.41) is 0.745. The summed E-state index contributed by atoms with van der Waals surface area (Å²) in [6.45, 7) is 4.40. The second-order valence-corrected chi connectivity index (χ2v) is 8.24. The molecule has 0 spiro atoms. The van der Waals surface area contributed by atoms with E-state index in [1.54, 1.807) is 36.4 Å². The lowest BCUT2D eigenvalue weighted by molar-refractivity contribution is 0.0600. The molecule has 0 bridgehead atoms. The topological polar surface area (TPSA) is 78.4 Å². The molecule has 0 radical (unpaired) electrons. The van der Waals surface area contributed by atoms with Crippen LogP contribution in [0.15, 0.2) is 66.7 Å². The van der Waals surface area contributed by atoms with Crippen LogP contribution in [-0.4, -0.2) is 35.4 Å². The number of carbonyl (C=O) groups is 2. The molecule has 0 aliphatic heterocycles. The van der Waals surface area contributed by atoms with E-state index in [9.17, 15) is 9.59 Å². The Hall–Kier alpha value is -4.50. The highest BCUT2D eigenvalue weighted by Crippen LogP contribution is 2.31. The number of terminal acetylenes is 1. The molecule has 0 aliphatic rings. The Morgan fingerprint density at radius 1 is 0.943 bits per heavy atom. The van der Waals surface area contributed by atoms with E-state index in [4.69, 9.17) is 15.9 Å². The van der Waals surface area contributed by atoms with Crippen LogP contribution in [-0.2, 0) is 4.74 Å². The predicted molar refractivity (Wildman–Crippen MR) is 135 cm³/mol. The van der Waals surface area contributed by atoms with E-state index < -0.39 is 5.97 Å². The van der Waals surface area contributed by atoms with E-state index in [-0.39, 0.29) is 18.2 Å². The van der Waals surface area contributed by atoms with Crippen molar-refractivity contribution in [1.29, 1.82) is 0 Å². The predicted octanol–water partition coefficient (Wildman–Crippen LogP) is 5.45. The normalized spacial score (nSPS) is 10.7. The maximum atomic E-state index is 13.3. The van der Waals surface area contributed by atoms with Gasteiger partial charge in [0.25, 0.3) is 0 Å². The number of nitrogens with zero attached hydrogens (tertiary/aromatic N) is 2. The van der Waals surface area contributed by atoms with E-state index in [2.05, 4.69) is 41.9 Å². The van der Waals surface area contributed by atoms with Crippen LogP contribution in [0.4, 0.5) is 0 Å². The highest BCUT2D eigenvalue weighted by Gasteiger charge is 2.18. The van der Waals surface area contributed by atoms with Gasteiger partial charge in [0.05, 0.1) is 23.9 Å². The Morgan fingerprint density at radius 2 is 1.63 bits per heavy atom. The van der Waals surface area contributed by atoms with Gasteiger partial charge in [0.1, 0.15) is 12.4 Å². The van der Waals surface area contributed by atoms with Crippen molar-refractivity contribution in [1.82, 2.24) is 9.97 Å². The second-order valence-electron chi connectivity index (χ2n) is 8.24. The summed E-state index contributed by atoms with van der Waals surface area (Å²) < 4.78 is 10.3. The van der Waals surface area contributed by atoms with Gasteiger partial charge in [0, 0.05) is 16.5 Å². The second kappa shape index (κ2) is 10.2. The standard InChI is InChI=1S/C29H24N2O4/c1-5-16-35-23-14-15-25-24(17-23)26(20-8-6-19(7-9-20)18(2)3)31-28(30-25)27(32)21-10-12-22(13-11-21)29(33)34-4/h1,6-15,17-18H,16H2,2-4H3. The minimum absolute atomic E-state index is 0.0588. The van der Waals surface area contributed by atoms with Crippen molar-refractivity contribution in [2.24, 2.45) is 0 Å². The number of benzene rings is 3. The average Bonchev–Trinajstić information content (AvgIpc) is 2.90. The van der Waals surface area contributed by atoms with Crippen molar-refractivity contribution in [2.75, 3.05) is 13.7 Å². The third-order valence-corrected chi connectivity index (χ3v) is 5.61. The number of aromatic nitrogens is 2. The lowest BCUT2D eigenvalue weighted by Gasteiger charge is -2.12. The molecule has 0 saturated heterocycles. The number of hydrogen-bond donors (Lipinski definition) is 0. The van der Waals surface area contributed by atoms with E-state index in [1.807, 2.05) is 18.2 Å². The molecule has 0 fully saturated rings. The molecule has 4 rings (SSSR count). The first-order valence-corrected chi connectivity index (χ1v) is 11.1. The number of esters is 1. The summed E-state index contributed by atoms with van der Waals surface area (Å²) >= 11 is 0. The summed E-state index contributed by atoms with van der Waals surface area (Å²) in [5.74, 6) is 2.68. The quantitative estimate of drug-likeness (QED) is 0.206. The number of carbonyl (C=O) groups excluding carboxylic acids is 2. The number of methoxy groups -OCH3 is 1. The van der Waals surface area contributed by atoms with Crippen LogP contribution in [0.25, 0.3) is 22.2 Å². The van der Waals surface area contributed by atoms with E-state index in [0.717, 1.165) is 10.9 Å². The highest BCUT2D eigenvalue weighted by molar-refractivity contribution is 6.08. The Bertz CT molecular complexity index is 1430. The van der Waals surface area contributed by atoms with Gasteiger partial charge in [-0.05, 0) is 41.8 Å². The first kappa shape index (κ1) is 23.7. The van der Waals surface area contributed by atoms with E-state index in [0.29, 0.717) is 34.0 Å². The Balaban J connectivity index is 1.82. The molecule has 0 atom stereocenters. The highest BCUT2D eigenvalue weighted by atomic mass is 16.5. The van der Waals surface area contributed by atoms with Gasteiger partial charge in [-0.25, -0.2) is 14.8 Å². The van der Waals surface area contributed by atoms with Gasteiger partial charge in [-0.3, -0.25) is 4.79 Å². The van der Waals surface area contributed by atoms with Crippen LogP contribution in [0, 0.1) is 12.3 Å². The van der Waals surface area contributed by atoms with Crippen LogP contribution in [0.2, 0.25) is 0 Å². The van der Waals surface area contributed by atoms with Crippen LogP contribution in [0.1, 0.15) is 51.9 Å². The zero-order valence-electron chi connectivity index (χ0n) is 19.7. The monoisotopic (exact) mass is 464 g/mol. The number of ether oxygens (including phenoxy) is 2. The van der Waals surface area contributed by atoms with Crippen molar-refractivity contribution in [3.8, 4) is 29.4 Å². The Labute approximate surface area is 204 Å². The average molecular weight is 465 g/mol. The number of fused-ring (bicyclic) bond motifs is 1. The molecule has 35 heavy (non-hydrogen) atoms. The van der Waals surface area contributed by atoms with Gasteiger partial charge in [-0.15, -0.1) is 6.42 Å². The summed E-state index contributed by atoms with van der Waals surface area (Å²) in [5.41, 5.74) is 4.00. The first-order chi connectivity index (χ1) is 16.9. The molecule has 0 saturated carbocycles. The van der Waals surface area contributed by atoms with Crippen LogP contribution < -0.4 is 4.74 Å². The molecule has 1 heterocycles. The lowest BCUT2D eigenvalue weighted by atomic mass is 9.99. The third kappa shape index (κ3) is 5.04. The molecule has 0 amide bonds. The van der Waals surface area contributed by atoms with Gasteiger partial charge < -0.3 is 9.47 Å². The minimum Gasteiger partial charge on any atom is -0.481 e. The van der Waals surface area contributed by atoms with Crippen LogP contribution in [0.3, 0.4) is 0 Å². The van der Waals surface area contributed by atoms with Gasteiger partial charge in [-0.2, -0.15) is 0 Å². The smallest absolute Gasteiger partial charge is 0.337 e. The molecular weight excluding hydrogens is 440 g/mol. The SMILES string of the molecule is C#CCOc1ccc2nc(C(=O)c3ccc(C(=O)OC)cc3)nc(-c3ccc(C(C)C)cc3)c2c1. The fourth-order valence-electron chi connectivity index (χ4n) is 3.67. The maximum absolute atomic E-state index is 13.3. The third-order valence-electron chi connectivity index (χ3n) is 5.61. The molecule has 0 aliphatic carbocycles. The fourth-order valence-corrected chi connectivity index (χ4v) is 3.67. The Morgan fingerprint density at radius 3 is 2.26 bits per heavy atom. The molecular formula is C29H24N2O4. The number of ketones is 1. The van der Waals surface area contributed by atoms with Gasteiger partial charge in [0.2, 0.25) is 11.6 Å². The van der Waals surface area contributed by atoms with Gasteiger partial charge in [0.15, 0.2) is 0 Å². The lowest BCUT2D eigenvalue weighted by Crippen LogP contribution is -2.09. The largest absolute Gasteiger partial charge is 0.481 e. The van der Waals surface area contributed by atoms with E-state index >= 15 is 0 Å². The minimum atomic E-state index is -0.471. The van der Waals surface area contributed by atoms with Crippen molar-refractivity contribution >= 4 is 22.7 Å². The summed E-state index contributed by atoms with van der Waals surface area (Å²) in [7, 11) is 1.31. The molecule has 4 aromatic rings.